The molecule has 0 unspecified atom stereocenters. The van der Waals surface area contributed by atoms with Crippen LogP contribution in [0.25, 0.3) is 0 Å². The highest BCUT2D eigenvalue weighted by Gasteiger charge is 2.19. The van der Waals surface area contributed by atoms with E-state index in [-0.39, 0.29) is 31.1 Å². The highest BCUT2D eigenvalue weighted by atomic mass is 16.6. The maximum absolute atomic E-state index is 12.8. The fourth-order valence-corrected chi connectivity index (χ4v) is 8.51. The first kappa shape index (κ1) is 63.6. The molecule has 0 saturated carbocycles. The number of ether oxygens (including phenoxy) is 3. The van der Waals surface area contributed by atoms with E-state index in [9.17, 15) is 14.4 Å². The molecule has 6 heteroatoms. The van der Waals surface area contributed by atoms with E-state index >= 15 is 0 Å². The Morgan fingerprint density at radius 3 is 0.879 bits per heavy atom. The van der Waals surface area contributed by atoms with Gasteiger partial charge in [0, 0.05) is 19.3 Å². The Morgan fingerprint density at radius 2 is 0.545 bits per heavy atom. The quantitative estimate of drug-likeness (QED) is 0.0262. The van der Waals surface area contributed by atoms with Crippen LogP contribution in [-0.4, -0.2) is 37.2 Å². The molecule has 0 saturated heterocycles. The van der Waals surface area contributed by atoms with E-state index in [0.717, 1.165) is 83.5 Å². The number of rotatable bonds is 53. The Morgan fingerprint density at radius 1 is 0.303 bits per heavy atom. The first-order chi connectivity index (χ1) is 32.5. The Hall–Kier alpha value is -2.37. The molecule has 0 N–H and O–H groups in total. The number of esters is 3. The molecule has 66 heavy (non-hydrogen) atoms. The number of carbonyl (C=O) groups excluding carboxylic acids is 3. The summed E-state index contributed by atoms with van der Waals surface area (Å²) in [6, 6.07) is 0. The van der Waals surface area contributed by atoms with Gasteiger partial charge in [0.15, 0.2) is 6.10 Å². The summed E-state index contributed by atoms with van der Waals surface area (Å²) in [5, 5.41) is 0. The van der Waals surface area contributed by atoms with Gasteiger partial charge in [-0.05, 0) is 57.8 Å². The van der Waals surface area contributed by atoms with Crippen molar-refractivity contribution in [1.82, 2.24) is 0 Å². The molecule has 0 amide bonds. The number of hydrogen-bond acceptors (Lipinski definition) is 6. The molecule has 0 aromatic heterocycles. The number of carbonyl (C=O) groups is 3. The summed E-state index contributed by atoms with van der Waals surface area (Å²) in [4.78, 5) is 38.1. The molecule has 0 fully saturated rings. The first-order valence-electron chi connectivity index (χ1n) is 29.0. The minimum Gasteiger partial charge on any atom is -0.462 e. The summed E-state index contributed by atoms with van der Waals surface area (Å²) in [7, 11) is 0. The zero-order valence-corrected chi connectivity index (χ0v) is 44.2. The van der Waals surface area contributed by atoms with Crippen molar-refractivity contribution in [2.24, 2.45) is 0 Å². The minimum absolute atomic E-state index is 0.0765. The molecule has 6 nitrogen and oxygen atoms in total. The van der Waals surface area contributed by atoms with Crippen LogP contribution in [0.3, 0.4) is 0 Å². The zero-order valence-electron chi connectivity index (χ0n) is 44.2. The van der Waals surface area contributed by atoms with Crippen LogP contribution < -0.4 is 0 Å². The third-order valence-electron chi connectivity index (χ3n) is 12.9. The average Bonchev–Trinajstić information content (AvgIpc) is 3.31. The van der Waals surface area contributed by atoms with Gasteiger partial charge in [-0.3, -0.25) is 14.4 Å². The van der Waals surface area contributed by atoms with E-state index in [1.807, 2.05) is 0 Å². The Bertz CT molecular complexity index is 1110. The number of allylic oxidation sites excluding steroid dienone is 6. The van der Waals surface area contributed by atoms with Crippen molar-refractivity contribution < 1.29 is 28.6 Å². The molecule has 0 radical (unpaired) electrons. The monoisotopic (exact) mass is 927 g/mol. The maximum Gasteiger partial charge on any atom is 0.306 e. The van der Waals surface area contributed by atoms with E-state index in [1.54, 1.807) is 0 Å². The van der Waals surface area contributed by atoms with Gasteiger partial charge < -0.3 is 14.2 Å². The molecule has 0 spiro atoms. The van der Waals surface area contributed by atoms with Crippen LogP contribution in [0.4, 0.5) is 0 Å². The van der Waals surface area contributed by atoms with E-state index in [2.05, 4.69) is 57.2 Å². The number of unbranched alkanes of at least 4 members (excludes halogenated alkanes) is 36. The highest BCUT2D eigenvalue weighted by Crippen LogP contribution is 2.17. The lowest BCUT2D eigenvalue weighted by molar-refractivity contribution is -0.167. The zero-order chi connectivity index (χ0) is 47.9. The van der Waals surface area contributed by atoms with Crippen molar-refractivity contribution in [3.63, 3.8) is 0 Å². The Labute approximate surface area is 410 Å². The SMILES string of the molecule is CCCCC/C=C\C/C=C\C/C=C\CCCCCCC(=O)O[C@@H](COC(=O)CCCCCCCCCCCCCC)COC(=O)CCCCCCCCCCCCCCCCCCCCC. The summed E-state index contributed by atoms with van der Waals surface area (Å²) in [5.74, 6) is -0.880. The molecule has 0 heterocycles. The summed E-state index contributed by atoms with van der Waals surface area (Å²) in [6.07, 6.45) is 65.6. The molecule has 0 aromatic rings. The fourth-order valence-electron chi connectivity index (χ4n) is 8.51. The molecule has 0 rings (SSSR count). The van der Waals surface area contributed by atoms with Gasteiger partial charge in [-0.1, -0.05) is 269 Å². The lowest BCUT2D eigenvalue weighted by Gasteiger charge is -2.18. The first-order valence-corrected chi connectivity index (χ1v) is 29.0. The van der Waals surface area contributed by atoms with Crippen molar-refractivity contribution in [1.29, 1.82) is 0 Å². The molecule has 0 aliphatic heterocycles. The van der Waals surface area contributed by atoms with Crippen molar-refractivity contribution >= 4 is 17.9 Å². The van der Waals surface area contributed by atoms with E-state index < -0.39 is 6.10 Å². The van der Waals surface area contributed by atoms with Crippen molar-refractivity contribution in [2.45, 2.75) is 316 Å². The smallest absolute Gasteiger partial charge is 0.306 e. The molecule has 0 bridgehead atoms. The Kier molecular flexibility index (Phi) is 53.2. The molecule has 0 aliphatic carbocycles. The van der Waals surface area contributed by atoms with Gasteiger partial charge in [-0.25, -0.2) is 0 Å². The van der Waals surface area contributed by atoms with Gasteiger partial charge >= 0.3 is 17.9 Å². The Balaban J connectivity index is 4.34. The van der Waals surface area contributed by atoms with Crippen molar-refractivity contribution in [2.75, 3.05) is 13.2 Å². The van der Waals surface area contributed by atoms with Crippen molar-refractivity contribution in [3.05, 3.63) is 36.5 Å². The van der Waals surface area contributed by atoms with E-state index in [1.165, 1.54) is 186 Å². The second-order valence-electron chi connectivity index (χ2n) is 19.6. The van der Waals surface area contributed by atoms with Gasteiger partial charge in [0.25, 0.3) is 0 Å². The van der Waals surface area contributed by atoms with Gasteiger partial charge in [0.1, 0.15) is 13.2 Å². The maximum atomic E-state index is 12.8. The molecular weight excluding hydrogens is 817 g/mol. The summed E-state index contributed by atoms with van der Waals surface area (Å²) in [5.41, 5.74) is 0. The van der Waals surface area contributed by atoms with Crippen molar-refractivity contribution in [3.8, 4) is 0 Å². The van der Waals surface area contributed by atoms with Crippen LogP contribution in [0.5, 0.6) is 0 Å². The lowest BCUT2D eigenvalue weighted by atomic mass is 10.0. The third-order valence-corrected chi connectivity index (χ3v) is 12.9. The molecular formula is C60H110O6. The van der Waals surface area contributed by atoms with Crippen LogP contribution in [0.15, 0.2) is 36.5 Å². The normalized spacial score (nSPS) is 12.2. The minimum atomic E-state index is -0.779. The second kappa shape index (κ2) is 55.2. The van der Waals surface area contributed by atoms with E-state index in [0.29, 0.717) is 19.3 Å². The van der Waals surface area contributed by atoms with Gasteiger partial charge in [0.05, 0.1) is 0 Å². The predicted molar refractivity (Wildman–Crippen MR) is 284 cm³/mol. The van der Waals surface area contributed by atoms with Gasteiger partial charge in [-0.15, -0.1) is 0 Å². The topological polar surface area (TPSA) is 78.9 Å². The van der Waals surface area contributed by atoms with E-state index in [4.69, 9.17) is 14.2 Å². The highest BCUT2D eigenvalue weighted by molar-refractivity contribution is 5.71. The van der Waals surface area contributed by atoms with Crippen LogP contribution in [0.1, 0.15) is 310 Å². The summed E-state index contributed by atoms with van der Waals surface area (Å²) < 4.78 is 16.9. The van der Waals surface area contributed by atoms with Gasteiger partial charge in [0.2, 0.25) is 0 Å². The lowest BCUT2D eigenvalue weighted by Crippen LogP contribution is -2.30. The predicted octanol–water partition coefficient (Wildman–Crippen LogP) is 19.3. The molecule has 386 valence electrons. The molecule has 0 aliphatic rings. The van der Waals surface area contributed by atoms with Crippen LogP contribution in [-0.2, 0) is 28.6 Å². The van der Waals surface area contributed by atoms with Crippen LogP contribution in [0, 0.1) is 0 Å². The van der Waals surface area contributed by atoms with Crippen LogP contribution in [0.2, 0.25) is 0 Å². The summed E-state index contributed by atoms with van der Waals surface area (Å²) in [6.45, 7) is 6.63. The molecule has 1 atom stereocenters. The molecule has 0 aromatic carbocycles. The van der Waals surface area contributed by atoms with Gasteiger partial charge in [-0.2, -0.15) is 0 Å². The standard InChI is InChI=1S/C60H110O6/c1-4-7-10-13-16-19-22-25-27-29-30-32-33-35-38-41-44-47-50-53-59(62)65-56-57(55-64-58(61)52-49-46-43-40-37-24-21-18-15-12-9-6-3)66-60(63)54-51-48-45-42-39-36-34-31-28-26-23-20-17-14-11-8-5-2/h17,20,26,28,34,36,57H,4-16,18-19,21-25,27,29-33,35,37-56H2,1-3H3/b20-17-,28-26-,36-34-/t57-/m0/s1. The second-order valence-corrected chi connectivity index (χ2v) is 19.6. The van der Waals surface area contributed by atoms with Crippen LogP contribution >= 0.6 is 0 Å². The fraction of sp³-hybridized carbons (Fsp3) is 0.850. The number of hydrogen-bond donors (Lipinski definition) is 0. The third kappa shape index (κ3) is 52.6. The average molecular weight is 928 g/mol. The summed E-state index contributed by atoms with van der Waals surface area (Å²) >= 11 is 0. The largest absolute Gasteiger partial charge is 0.462 e.